The first-order chi connectivity index (χ1) is 14.2. The fourth-order valence-corrected chi connectivity index (χ4v) is 3.80. The van der Waals surface area contributed by atoms with Gasteiger partial charge in [-0.1, -0.05) is 12.1 Å². The minimum absolute atomic E-state index is 0.203. The van der Waals surface area contributed by atoms with Gasteiger partial charge in [0.2, 0.25) is 0 Å². The summed E-state index contributed by atoms with van der Waals surface area (Å²) >= 11 is 0. The van der Waals surface area contributed by atoms with Gasteiger partial charge in [0.1, 0.15) is 5.82 Å². The van der Waals surface area contributed by atoms with E-state index in [1.165, 1.54) is 23.4 Å². The van der Waals surface area contributed by atoms with Crippen molar-refractivity contribution in [1.82, 2.24) is 19.4 Å². The van der Waals surface area contributed by atoms with Crippen LogP contribution in [0.5, 0.6) is 0 Å². The van der Waals surface area contributed by atoms with Crippen LogP contribution in [-0.4, -0.2) is 26.0 Å². The first-order valence-corrected chi connectivity index (χ1v) is 9.74. The second-order valence-corrected chi connectivity index (χ2v) is 7.36. The molecule has 4 heterocycles. The second-order valence-electron chi connectivity index (χ2n) is 7.36. The summed E-state index contributed by atoms with van der Waals surface area (Å²) in [6.45, 7) is 3.37. The van der Waals surface area contributed by atoms with E-state index in [4.69, 9.17) is 9.40 Å². The Morgan fingerprint density at radius 3 is 2.76 bits per heavy atom. The fourth-order valence-electron chi connectivity index (χ4n) is 3.80. The number of rotatable bonds is 5. The molecule has 4 aromatic rings. The van der Waals surface area contributed by atoms with Gasteiger partial charge in [0.15, 0.2) is 11.6 Å². The monoisotopic (exact) mass is 388 g/mol. The van der Waals surface area contributed by atoms with E-state index in [0.717, 1.165) is 43.9 Å². The zero-order valence-corrected chi connectivity index (χ0v) is 16.0. The zero-order chi connectivity index (χ0) is 19.6. The van der Waals surface area contributed by atoms with Gasteiger partial charge >= 0.3 is 0 Å². The number of benzene rings is 1. The van der Waals surface area contributed by atoms with E-state index in [0.29, 0.717) is 11.6 Å². The molecule has 0 atom stereocenters. The summed E-state index contributed by atoms with van der Waals surface area (Å²) < 4.78 is 20.8. The highest BCUT2D eigenvalue weighted by Crippen LogP contribution is 2.22. The molecule has 0 aliphatic carbocycles. The van der Waals surface area contributed by atoms with Gasteiger partial charge in [0.25, 0.3) is 0 Å². The number of halogens is 1. The van der Waals surface area contributed by atoms with Crippen LogP contribution in [0, 0.1) is 5.82 Å². The lowest BCUT2D eigenvalue weighted by Crippen LogP contribution is -2.31. The number of furan rings is 1. The van der Waals surface area contributed by atoms with Crippen LogP contribution in [0.3, 0.4) is 0 Å². The van der Waals surface area contributed by atoms with Crippen LogP contribution in [0.1, 0.15) is 22.5 Å². The van der Waals surface area contributed by atoms with Crippen LogP contribution >= 0.6 is 0 Å². The molecular formula is C23H21FN4O. The summed E-state index contributed by atoms with van der Waals surface area (Å²) in [5.41, 5.74) is 4.60. The maximum absolute atomic E-state index is 13.2. The molecule has 146 valence electrons. The van der Waals surface area contributed by atoms with Crippen LogP contribution in [-0.2, 0) is 26.1 Å². The average Bonchev–Trinajstić information content (AvgIpc) is 3.42. The summed E-state index contributed by atoms with van der Waals surface area (Å²) in [5.74, 6) is 1.15. The molecule has 0 saturated carbocycles. The van der Waals surface area contributed by atoms with E-state index in [1.54, 1.807) is 6.26 Å². The van der Waals surface area contributed by atoms with Crippen molar-refractivity contribution >= 4 is 0 Å². The molecule has 6 heteroatoms. The molecule has 0 spiro atoms. The molecule has 0 bridgehead atoms. The lowest BCUT2D eigenvalue weighted by molar-refractivity contribution is 0.237. The predicted molar refractivity (Wildman–Crippen MR) is 107 cm³/mol. The van der Waals surface area contributed by atoms with Crippen molar-refractivity contribution in [2.24, 2.45) is 0 Å². The Labute approximate surface area is 168 Å². The largest absolute Gasteiger partial charge is 0.461 e. The van der Waals surface area contributed by atoms with E-state index in [1.807, 2.05) is 30.5 Å². The van der Waals surface area contributed by atoms with Crippen molar-refractivity contribution < 1.29 is 8.81 Å². The van der Waals surface area contributed by atoms with Crippen LogP contribution in [0.25, 0.3) is 11.6 Å². The molecule has 0 saturated heterocycles. The van der Waals surface area contributed by atoms with Crippen molar-refractivity contribution in [3.8, 4) is 11.6 Å². The Morgan fingerprint density at radius 2 is 1.93 bits per heavy atom. The molecule has 1 aliphatic rings. The summed E-state index contributed by atoms with van der Waals surface area (Å²) in [5, 5.41) is 0. The highest BCUT2D eigenvalue weighted by molar-refractivity contribution is 5.47. The molecule has 0 fully saturated rings. The van der Waals surface area contributed by atoms with E-state index >= 15 is 0 Å². The summed E-state index contributed by atoms with van der Waals surface area (Å²) in [6.07, 6.45) is 6.53. The normalized spacial score (nSPS) is 14.1. The van der Waals surface area contributed by atoms with Gasteiger partial charge in [-0.25, -0.2) is 14.4 Å². The lowest BCUT2D eigenvalue weighted by Gasteiger charge is -2.28. The van der Waals surface area contributed by atoms with Gasteiger partial charge in [-0.15, -0.1) is 0 Å². The molecular weight excluding hydrogens is 367 g/mol. The number of fused-ring (bicyclic) bond motifs is 1. The molecule has 5 rings (SSSR count). The molecule has 0 unspecified atom stereocenters. The fraction of sp³-hybridized carbons (Fsp3) is 0.217. The molecule has 5 nitrogen and oxygen atoms in total. The van der Waals surface area contributed by atoms with Gasteiger partial charge in [0.05, 0.1) is 12.0 Å². The minimum Gasteiger partial charge on any atom is -0.461 e. The van der Waals surface area contributed by atoms with E-state index in [-0.39, 0.29) is 5.82 Å². The Balaban J connectivity index is 1.28. The van der Waals surface area contributed by atoms with Gasteiger partial charge in [-0.2, -0.15) is 0 Å². The number of nitrogens with zero attached hydrogens (tertiary/aromatic N) is 4. The van der Waals surface area contributed by atoms with Crippen molar-refractivity contribution in [3.05, 3.63) is 95.5 Å². The summed E-state index contributed by atoms with van der Waals surface area (Å²) in [6, 6.07) is 14.6. The first-order valence-electron chi connectivity index (χ1n) is 9.74. The first kappa shape index (κ1) is 17.8. The maximum atomic E-state index is 13.2. The van der Waals surface area contributed by atoms with Crippen LogP contribution in [0.15, 0.2) is 71.6 Å². The van der Waals surface area contributed by atoms with E-state index < -0.39 is 0 Å². The smallest absolute Gasteiger partial charge is 0.195 e. The third-order valence-electron chi connectivity index (χ3n) is 5.33. The predicted octanol–water partition coefficient (Wildman–Crippen LogP) is 4.28. The van der Waals surface area contributed by atoms with Crippen molar-refractivity contribution in [1.29, 1.82) is 0 Å². The second kappa shape index (κ2) is 7.64. The van der Waals surface area contributed by atoms with Gasteiger partial charge in [-0.05, 0) is 42.0 Å². The van der Waals surface area contributed by atoms with Gasteiger partial charge in [0, 0.05) is 56.3 Å². The van der Waals surface area contributed by atoms with Crippen molar-refractivity contribution in [2.75, 3.05) is 6.54 Å². The quantitative estimate of drug-likeness (QED) is 0.512. The maximum Gasteiger partial charge on any atom is 0.195 e. The van der Waals surface area contributed by atoms with Gasteiger partial charge in [-0.3, -0.25) is 4.90 Å². The Kier molecular flexibility index (Phi) is 4.69. The topological polar surface area (TPSA) is 47.1 Å². The minimum atomic E-state index is -0.203. The molecule has 0 N–H and O–H groups in total. The van der Waals surface area contributed by atoms with Crippen molar-refractivity contribution in [2.45, 2.75) is 26.1 Å². The lowest BCUT2D eigenvalue weighted by atomic mass is 10.1. The van der Waals surface area contributed by atoms with E-state index in [9.17, 15) is 4.39 Å². The average molecular weight is 388 g/mol. The highest BCUT2D eigenvalue weighted by atomic mass is 19.1. The highest BCUT2D eigenvalue weighted by Gasteiger charge is 2.20. The molecule has 0 amide bonds. The summed E-state index contributed by atoms with van der Waals surface area (Å²) in [7, 11) is 0. The third-order valence-corrected chi connectivity index (χ3v) is 5.33. The molecule has 0 radical (unpaired) electrons. The molecule has 3 aromatic heterocycles. The number of hydrogen-bond donors (Lipinski definition) is 0. The zero-order valence-electron chi connectivity index (χ0n) is 16.0. The molecule has 29 heavy (non-hydrogen) atoms. The van der Waals surface area contributed by atoms with Crippen LogP contribution < -0.4 is 0 Å². The number of aromatic nitrogens is 3. The van der Waals surface area contributed by atoms with Crippen molar-refractivity contribution in [3.63, 3.8) is 0 Å². The SMILES string of the molecule is Fc1ccc(Cn2cccc2CN2CCc3nc(-c4ccco4)ncc3C2)cc1. The summed E-state index contributed by atoms with van der Waals surface area (Å²) in [4.78, 5) is 11.6. The van der Waals surface area contributed by atoms with Gasteiger partial charge < -0.3 is 8.98 Å². The third kappa shape index (κ3) is 3.84. The Morgan fingerprint density at radius 1 is 1.03 bits per heavy atom. The number of hydrogen-bond acceptors (Lipinski definition) is 4. The Bertz CT molecular complexity index is 1100. The molecule has 1 aliphatic heterocycles. The van der Waals surface area contributed by atoms with E-state index in [2.05, 4.69) is 32.8 Å². The molecule has 1 aromatic carbocycles. The Hall–Kier alpha value is -3.25. The van der Waals surface area contributed by atoms with Crippen LogP contribution in [0.2, 0.25) is 0 Å². The van der Waals surface area contributed by atoms with Crippen LogP contribution in [0.4, 0.5) is 4.39 Å². The standard InChI is InChI=1S/C23H21FN4O/c24-19-7-5-17(6-8-19)14-28-10-1-3-20(28)16-27-11-9-21-18(15-27)13-25-23(26-21)22-4-2-12-29-22/h1-8,10,12-13H,9,11,14-16H2.